The van der Waals surface area contributed by atoms with Crippen LogP contribution in [0.2, 0.25) is 0 Å². The predicted octanol–water partition coefficient (Wildman–Crippen LogP) is 3.22. The van der Waals surface area contributed by atoms with Gasteiger partial charge >= 0.3 is 0 Å². The Kier molecular flexibility index (Phi) is 5.68. The van der Waals surface area contributed by atoms with Crippen molar-refractivity contribution in [1.82, 2.24) is 9.80 Å². The molecule has 1 amide bonds. The fourth-order valence-electron chi connectivity index (χ4n) is 6.20. The molecular formula is C23H38N2O3. The summed E-state index contributed by atoms with van der Waals surface area (Å²) >= 11 is 0. The van der Waals surface area contributed by atoms with Crippen LogP contribution in [0, 0.1) is 11.8 Å². The fourth-order valence-corrected chi connectivity index (χ4v) is 6.20. The lowest BCUT2D eigenvalue weighted by atomic mass is 9.73. The zero-order chi connectivity index (χ0) is 19.0. The molecule has 1 spiro atoms. The van der Waals surface area contributed by atoms with Crippen LogP contribution in [0.15, 0.2) is 0 Å². The smallest absolute Gasteiger partial charge is 0.225 e. The molecule has 3 saturated heterocycles. The normalized spacial score (nSPS) is 32.4. The molecule has 3 aliphatic heterocycles. The van der Waals surface area contributed by atoms with Crippen molar-refractivity contribution in [2.75, 3.05) is 39.5 Å². The van der Waals surface area contributed by atoms with Gasteiger partial charge in [-0.2, -0.15) is 0 Å². The molecule has 2 aliphatic carbocycles. The lowest BCUT2D eigenvalue weighted by Crippen LogP contribution is -2.76. The number of carbonyl (C=O) groups excluding carboxylic acids is 1. The molecule has 0 aromatic carbocycles. The van der Waals surface area contributed by atoms with Crippen LogP contribution < -0.4 is 0 Å². The molecule has 0 aromatic heterocycles. The first kappa shape index (κ1) is 19.3. The molecule has 5 rings (SSSR count). The largest absolute Gasteiger partial charge is 0.381 e. The van der Waals surface area contributed by atoms with E-state index < -0.39 is 0 Å². The van der Waals surface area contributed by atoms with Gasteiger partial charge in [-0.1, -0.05) is 19.3 Å². The van der Waals surface area contributed by atoms with Crippen LogP contribution in [0.1, 0.15) is 70.6 Å². The summed E-state index contributed by atoms with van der Waals surface area (Å²) in [6, 6.07) is 0.620. The molecule has 0 radical (unpaired) electrons. The van der Waals surface area contributed by atoms with Crippen LogP contribution in [0.4, 0.5) is 0 Å². The first-order valence-electron chi connectivity index (χ1n) is 12.0. The highest BCUT2D eigenvalue weighted by Crippen LogP contribution is 2.45. The molecule has 5 fully saturated rings. The van der Waals surface area contributed by atoms with Crippen molar-refractivity contribution in [2.24, 2.45) is 11.8 Å². The third-order valence-corrected chi connectivity index (χ3v) is 8.29. The van der Waals surface area contributed by atoms with Crippen LogP contribution in [-0.2, 0) is 14.3 Å². The second-order valence-electron chi connectivity index (χ2n) is 10.0. The maximum absolute atomic E-state index is 12.9. The van der Waals surface area contributed by atoms with Crippen molar-refractivity contribution in [3.63, 3.8) is 0 Å². The van der Waals surface area contributed by atoms with Gasteiger partial charge in [0.2, 0.25) is 5.91 Å². The Hall–Kier alpha value is -0.650. The van der Waals surface area contributed by atoms with Gasteiger partial charge in [-0.3, -0.25) is 9.69 Å². The standard InChI is InChI=1S/C23H38N2O3/c26-22(19-4-2-1-3-5-19)24-12-8-20(9-13-24)25-16-21(28-17-18-6-7-18)23(25)10-14-27-15-11-23/h18-21H,1-17H2. The van der Waals surface area contributed by atoms with Crippen molar-refractivity contribution in [3.05, 3.63) is 0 Å². The second kappa shape index (κ2) is 8.23. The van der Waals surface area contributed by atoms with E-state index in [0.29, 0.717) is 24.0 Å². The van der Waals surface area contributed by atoms with Crippen molar-refractivity contribution < 1.29 is 14.3 Å². The molecule has 158 valence electrons. The van der Waals surface area contributed by atoms with E-state index in [0.717, 1.165) is 83.9 Å². The van der Waals surface area contributed by atoms with E-state index in [-0.39, 0.29) is 5.54 Å². The second-order valence-corrected chi connectivity index (χ2v) is 10.0. The Morgan fingerprint density at radius 2 is 1.68 bits per heavy atom. The Labute approximate surface area is 170 Å². The molecule has 1 unspecified atom stereocenters. The van der Waals surface area contributed by atoms with E-state index in [1.165, 1.54) is 32.1 Å². The van der Waals surface area contributed by atoms with Crippen LogP contribution in [0.25, 0.3) is 0 Å². The predicted molar refractivity (Wildman–Crippen MR) is 108 cm³/mol. The van der Waals surface area contributed by atoms with Gasteiger partial charge in [0.15, 0.2) is 0 Å². The van der Waals surface area contributed by atoms with E-state index in [1.54, 1.807) is 0 Å². The van der Waals surface area contributed by atoms with Crippen LogP contribution in [0.3, 0.4) is 0 Å². The maximum atomic E-state index is 12.9. The summed E-state index contributed by atoms with van der Waals surface area (Å²) in [5, 5.41) is 0. The molecule has 5 heteroatoms. The highest BCUT2D eigenvalue weighted by molar-refractivity contribution is 5.79. The molecule has 0 N–H and O–H groups in total. The average Bonchev–Trinajstić information content (AvgIpc) is 3.58. The third-order valence-electron chi connectivity index (χ3n) is 8.29. The van der Waals surface area contributed by atoms with Crippen molar-refractivity contribution in [1.29, 1.82) is 0 Å². The van der Waals surface area contributed by atoms with Gasteiger partial charge in [0, 0.05) is 51.4 Å². The molecule has 2 saturated carbocycles. The summed E-state index contributed by atoms with van der Waals surface area (Å²) in [6.07, 6.45) is 13.7. The summed E-state index contributed by atoms with van der Waals surface area (Å²) in [7, 11) is 0. The number of ether oxygens (including phenoxy) is 2. The zero-order valence-corrected chi connectivity index (χ0v) is 17.4. The number of nitrogens with zero attached hydrogens (tertiary/aromatic N) is 2. The van der Waals surface area contributed by atoms with Gasteiger partial charge in [0.1, 0.15) is 0 Å². The zero-order valence-electron chi connectivity index (χ0n) is 17.4. The lowest BCUT2D eigenvalue weighted by Gasteiger charge is -2.63. The Bertz CT molecular complexity index is 544. The molecule has 1 atom stereocenters. The summed E-state index contributed by atoms with van der Waals surface area (Å²) in [6.45, 7) is 5.72. The van der Waals surface area contributed by atoms with Crippen LogP contribution >= 0.6 is 0 Å². The lowest BCUT2D eigenvalue weighted by molar-refractivity contribution is -0.218. The topological polar surface area (TPSA) is 42.0 Å². The van der Waals surface area contributed by atoms with Gasteiger partial charge < -0.3 is 14.4 Å². The molecule has 0 aromatic rings. The van der Waals surface area contributed by atoms with Gasteiger partial charge in [0.25, 0.3) is 0 Å². The van der Waals surface area contributed by atoms with Crippen molar-refractivity contribution in [3.8, 4) is 0 Å². The molecule has 0 bridgehead atoms. The first-order valence-corrected chi connectivity index (χ1v) is 12.0. The van der Waals surface area contributed by atoms with E-state index >= 15 is 0 Å². The highest BCUT2D eigenvalue weighted by Gasteiger charge is 2.57. The van der Waals surface area contributed by atoms with Gasteiger partial charge in [-0.15, -0.1) is 0 Å². The number of hydrogen-bond donors (Lipinski definition) is 0. The monoisotopic (exact) mass is 390 g/mol. The number of rotatable bonds is 5. The van der Waals surface area contributed by atoms with E-state index in [1.807, 2.05) is 0 Å². The molecule has 3 heterocycles. The van der Waals surface area contributed by atoms with Gasteiger partial charge in [-0.25, -0.2) is 0 Å². The van der Waals surface area contributed by atoms with Crippen molar-refractivity contribution in [2.45, 2.75) is 88.3 Å². The van der Waals surface area contributed by atoms with E-state index in [9.17, 15) is 4.79 Å². The van der Waals surface area contributed by atoms with Crippen LogP contribution in [0.5, 0.6) is 0 Å². The Morgan fingerprint density at radius 3 is 2.36 bits per heavy atom. The fraction of sp³-hybridized carbons (Fsp3) is 0.957. The minimum Gasteiger partial charge on any atom is -0.381 e. The number of carbonyl (C=O) groups is 1. The van der Waals surface area contributed by atoms with Gasteiger partial charge in [0.05, 0.1) is 11.6 Å². The SMILES string of the molecule is O=C(C1CCCCC1)N1CCC(N2CC(OCC3CC3)C23CCOCC3)CC1. The number of piperidine rings is 1. The van der Waals surface area contributed by atoms with E-state index in [2.05, 4.69) is 9.80 Å². The molecular weight excluding hydrogens is 352 g/mol. The summed E-state index contributed by atoms with van der Waals surface area (Å²) in [4.78, 5) is 17.8. The third kappa shape index (κ3) is 3.75. The summed E-state index contributed by atoms with van der Waals surface area (Å²) in [5.41, 5.74) is 0.216. The number of hydrogen-bond acceptors (Lipinski definition) is 4. The maximum Gasteiger partial charge on any atom is 0.225 e. The summed E-state index contributed by atoms with van der Waals surface area (Å²) < 4.78 is 12.1. The summed E-state index contributed by atoms with van der Waals surface area (Å²) in [5.74, 6) is 1.60. The Morgan fingerprint density at radius 1 is 0.964 bits per heavy atom. The minimum absolute atomic E-state index is 0.216. The van der Waals surface area contributed by atoms with Crippen LogP contribution in [-0.4, -0.2) is 72.8 Å². The molecule has 5 aliphatic rings. The number of likely N-dealkylation sites (tertiary alicyclic amines) is 2. The highest BCUT2D eigenvalue weighted by atomic mass is 16.5. The molecule has 28 heavy (non-hydrogen) atoms. The quantitative estimate of drug-likeness (QED) is 0.723. The van der Waals surface area contributed by atoms with Gasteiger partial charge in [-0.05, 0) is 57.3 Å². The Balaban J connectivity index is 1.16. The van der Waals surface area contributed by atoms with Crippen molar-refractivity contribution >= 4 is 5.91 Å². The first-order chi connectivity index (χ1) is 13.8. The minimum atomic E-state index is 0.216. The average molecular weight is 391 g/mol. The molecule has 5 nitrogen and oxygen atoms in total. The number of amides is 1. The van der Waals surface area contributed by atoms with E-state index in [4.69, 9.17) is 9.47 Å².